The van der Waals surface area contributed by atoms with Gasteiger partial charge in [0.1, 0.15) is 0 Å². The Labute approximate surface area is 87.6 Å². The summed E-state index contributed by atoms with van der Waals surface area (Å²) in [5.41, 5.74) is 1.04. The molecule has 0 atom stereocenters. The first kappa shape index (κ1) is 11.2. The largest absolute Gasteiger partial charge is 0.451 e. The van der Waals surface area contributed by atoms with E-state index >= 15 is 0 Å². The number of rotatable bonds is 4. The third-order valence-corrected chi connectivity index (χ3v) is 1.94. The zero-order chi connectivity index (χ0) is 11.1. The van der Waals surface area contributed by atoms with Crippen molar-refractivity contribution in [3.8, 4) is 0 Å². The number of carbonyl (C=O) groups is 1. The van der Waals surface area contributed by atoms with Gasteiger partial charge in [0, 0.05) is 0 Å². The van der Waals surface area contributed by atoms with Crippen LogP contribution in [-0.4, -0.2) is 24.8 Å². The number of hydrogen-bond acceptors (Lipinski definition) is 4. The van der Waals surface area contributed by atoms with Crippen molar-refractivity contribution in [3.05, 3.63) is 40.8 Å². The summed E-state index contributed by atoms with van der Waals surface area (Å²) in [5.74, 6) is 0. The molecule has 0 radical (unpaired) electrons. The van der Waals surface area contributed by atoms with Crippen LogP contribution in [0.4, 0.5) is 4.79 Å². The van der Waals surface area contributed by atoms with Crippen molar-refractivity contribution in [2.45, 2.75) is 6.42 Å². The Morgan fingerprint density at radius 2 is 2.07 bits per heavy atom. The average molecular weight is 208 g/mol. The Balaban J connectivity index is 2.48. The lowest BCUT2D eigenvalue weighted by Crippen LogP contribution is -2.27. The van der Waals surface area contributed by atoms with Crippen LogP contribution in [0.2, 0.25) is 0 Å². The molecule has 1 rings (SSSR count). The molecule has 0 fully saturated rings. The minimum absolute atomic E-state index is 0.222. The molecule has 80 valence electrons. The Morgan fingerprint density at radius 1 is 1.40 bits per heavy atom. The van der Waals surface area contributed by atoms with Gasteiger partial charge in [-0.15, -0.1) is 4.91 Å². The first-order chi connectivity index (χ1) is 7.27. The van der Waals surface area contributed by atoms with Crippen LogP contribution in [0.5, 0.6) is 0 Å². The summed E-state index contributed by atoms with van der Waals surface area (Å²) in [4.78, 5) is 21.3. The van der Waals surface area contributed by atoms with Gasteiger partial charge in [0.15, 0.2) is 0 Å². The molecule has 0 aliphatic rings. The van der Waals surface area contributed by atoms with Crippen LogP contribution in [0.3, 0.4) is 0 Å². The minimum Gasteiger partial charge on any atom is -0.451 e. The van der Waals surface area contributed by atoms with Gasteiger partial charge in [-0.25, -0.2) is 4.79 Å². The van der Waals surface area contributed by atoms with Crippen LogP contribution >= 0.6 is 0 Å². The van der Waals surface area contributed by atoms with Gasteiger partial charge < -0.3 is 4.74 Å². The van der Waals surface area contributed by atoms with E-state index in [9.17, 15) is 9.70 Å². The average Bonchev–Trinajstić information content (AvgIpc) is 2.31. The lowest BCUT2D eigenvalue weighted by atomic mass is 10.1. The molecule has 0 saturated carbocycles. The van der Waals surface area contributed by atoms with Gasteiger partial charge in [0.25, 0.3) is 0 Å². The second kappa shape index (κ2) is 5.74. The van der Waals surface area contributed by atoms with Gasteiger partial charge >= 0.3 is 6.09 Å². The SMILES string of the molecule is COC(=O)N(CCc1ccccc1)N=O. The zero-order valence-corrected chi connectivity index (χ0v) is 8.42. The smallest absolute Gasteiger partial charge is 0.432 e. The van der Waals surface area contributed by atoms with Gasteiger partial charge in [-0.05, 0) is 12.0 Å². The summed E-state index contributed by atoms with van der Waals surface area (Å²) in [7, 11) is 1.21. The predicted molar refractivity (Wildman–Crippen MR) is 55.1 cm³/mol. The van der Waals surface area contributed by atoms with Gasteiger partial charge in [0.2, 0.25) is 0 Å². The molecule has 5 nitrogen and oxygen atoms in total. The minimum atomic E-state index is -0.735. The van der Waals surface area contributed by atoms with Gasteiger partial charge in [0.05, 0.1) is 18.9 Å². The van der Waals surface area contributed by atoms with Crippen LogP contribution in [0.15, 0.2) is 35.6 Å². The second-order valence-corrected chi connectivity index (χ2v) is 2.91. The molecule has 0 unspecified atom stereocenters. The van der Waals surface area contributed by atoms with Crippen molar-refractivity contribution in [2.24, 2.45) is 5.29 Å². The molecule has 15 heavy (non-hydrogen) atoms. The number of nitrogens with zero attached hydrogens (tertiary/aromatic N) is 2. The summed E-state index contributed by atoms with van der Waals surface area (Å²) in [6.45, 7) is 0.222. The van der Waals surface area contributed by atoms with Crippen LogP contribution in [0, 0.1) is 4.91 Å². The van der Waals surface area contributed by atoms with E-state index in [1.807, 2.05) is 30.3 Å². The lowest BCUT2D eigenvalue weighted by Gasteiger charge is -2.10. The van der Waals surface area contributed by atoms with E-state index in [1.54, 1.807) is 0 Å². The van der Waals surface area contributed by atoms with Crippen molar-refractivity contribution in [3.63, 3.8) is 0 Å². The molecule has 0 N–H and O–H groups in total. The third-order valence-electron chi connectivity index (χ3n) is 1.94. The molecule has 0 heterocycles. The van der Waals surface area contributed by atoms with Gasteiger partial charge in [-0.3, -0.25) is 0 Å². The highest BCUT2D eigenvalue weighted by molar-refractivity contribution is 5.66. The number of ether oxygens (including phenoxy) is 1. The number of hydrogen-bond donors (Lipinski definition) is 0. The summed E-state index contributed by atoms with van der Waals surface area (Å²) in [5, 5.41) is 3.34. The normalized spacial score (nSPS) is 9.40. The Kier molecular flexibility index (Phi) is 4.28. The van der Waals surface area contributed by atoms with Crippen molar-refractivity contribution >= 4 is 6.09 Å². The van der Waals surface area contributed by atoms with E-state index in [4.69, 9.17) is 0 Å². The summed E-state index contributed by atoms with van der Waals surface area (Å²) in [6, 6.07) is 9.53. The number of amides is 1. The number of benzene rings is 1. The Morgan fingerprint density at radius 3 is 2.60 bits per heavy atom. The number of carbonyl (C=O) groups excluding carboxylic acids is 1. The molecule has 0 aromatic heterocycles. The monoisotopic (exact) mass is 208 g/mol. The maximum absolute atomic E-state index is 11.0. The van der Waals surface area contributed by atoms with E-state index in [-0.39, 0.29) is 6.54 Å². The molecule has 0 bridgehead atoms. The van der Waals surface area contributed by atoms with Crippen molar-refractivity contribution in [1.82, 2.24) is 5.01 Å². The fourth-order valence-corrected chi connectivity index (χ4v) is 1.15. The molecule has 0 saturated heterocycles. The Hall–Kier alpha value is -1.91. The molecule has 0 aliphatic heterocycles. The Bertz CT molecular complexity index is 327. The fourth-order valence-electron chi connectivity index (χ4n) is 1.15. The topological polar surface area (TPSA) is 59.0 Å². The molecular formula is C10H12N2O3. The molecular weight excluding hydrogens is 196 g/mol. The molecule has 1 aromatic rings. The summed E-state index contributed by atoms with van der Waals surface area (Å²) < 4.78 is 4.38. The standard InChI is InChI=1S/C10H12N2O3/c1-15-10(13)12(11-14)8-7-9-5-3-2-4-6-9/h2-6H,7-8H2,1H3. The molecule has 0 spiro atoms. The maximum Gasteiger partial charge on any atom is 0.432 e. The van der Waals surface area contributed by atoms with E-state index in [1.165, 1.54) is 7.11 Å². The van der Waals surface area contributed by atoms with E-state index in [0.717, 1.165) is 10.6 Å². The first-order valence-electron chi connectivity index (χ1n) is 4.50. The zero-order valence-electron chi connectivity index (χ0n) is 8.42. The number of nitroso groups, excluding NO2 is 1. The highest BCUT2D eigenvalue weighted by Crippen LogP contribution is 2.02. The first-order valence-corrected chi connectivity index (χ1v) is 4.50. The van der Waals surface area contributed by atoms with E-state index < -0.39 is 6.09 Å². The number of methoxy groups -OCH3 is 1. The van der Waals surface area contributed by atoms with Crippen molar-refractivity contribution in [1.29, 1.82) is 0 Å². The summed E-state index contributed by atoms with van der Waals surface area (Å²) >= 11 is 0. The third kappa shape index (κ3) is 3.38. The molecule has 1 aromatic carbocycles. The van der Waals surface area contributed by atoms with Crippen LogP contribution in [0.1, 0.15) is 5.56 Å². The second-order valence-electron chi connectivity index (χ2n) is 2.91. The van der Waals surface area contributed by atoms with Crippen LogP contribution in [-0.2, 0) is 11.2 Å². The highest BCUT2D eigenvalue weighted by atomic mass is 16.6. The van der Waals surface area contributed by atoms with Crippen molar-refractivity contribution < 1.29 is 9.53 Å². The maximum atomic E-state index is 11.0. The van der Waals surface area contributed by atoms with Crippen LogP contribution < -0.4 is 0 Å². The van der Waals surface area contributed by atoms with Gasteiger partial charge in [-0.1, -0.05) is 30.3 Å². The molecule has 5 heteroatoms. The molecule has 0 aliphatic carbocycles. The van der Waals surface area contributed by atoms with E-state index in [2.05, 4.69) is 10.0 Å². The molecule has 1 amide bonds. The van der Waals surface area contributed by atoms with Crippen LogP contribution in [0.25, 0.3) is 0 Å². The highest BCUT2D eigenvalue weighted by Gasteiger charge is 2.13. The van der Waals surface area contributed by atoms with E-state index in [0.29, 0.717) is 6.42 Å². The van der Waals surface area contributed by atoms with Gasteiger partial charge in [-0.2, -0.15) is 5.01 Å². The lowest BCUT2D eigenvalue weighted by molar-refractivity contribution is 0.125. The quantitative estimate of drug-likeness (QED) is 0.561. The van der Waals surface area contributed by atoms with Crippen molar-refractivity contribution in [2.75, 3.05) is 13.7 Å². The fraction of sp³-hybridized carbons (Fsp3) is 0.300. The predicted octanol–water partition coefficient (Wildman–Crippen LogP) is 1.98. The summed E-state index contributed by atoms with van der Waals surface area (Å²) in [6.07, 6.45) is -0.164.